The van der Waals surface area contributed by atoms with Gasteiger partial charge in [-0.2, -0.15) is 0 Å². The number of nitrogens with one attached hydrogen (secondary N) is 1. The van der Waals surface area contributed by atoms with Gasteiger partial charge in [0.25, 0.3) is 11.8 Å². The van der Waals surface area contributed by atoms with Gasteiger partial charge in [0.2, 0.25) is 0 Å². The number of aromatic nitrogens is 1. The summed E-state index contributed by atoms with van der Waals surface area (Å²) < 4.78 is 0.682. The van der Waals surface area contributed by atoms with Crippen LogP contribution < -0.4 is 5.32 Å². The van der Waals surface area contributed by atoms with Gasteiger partial charge in [-0.15, -0.1) is 0 Å². The Morgan fingerprint density at radius 1 is 1.19 bits per heavy atom. The molecule has 2 heterocycles. The molecule has 1 N–H and O–H groups in total. The molecule has 0 spiro atoms. The van der Waals surface area contributed by atoms with Crippen molar-refractivity contribution < 1.29 is 9.59 Å². The summed E-state index contributed by atoms with van der Waals surface area (Å²) in [7, 11) is 0. The smallest absolute Gasteiger partial charge is 0.254 e. The van der Waals surface area contributed by atoms with E-state index in [0.29, 0.717) is 22.1 Å². The molecular formula is C19H19BrClN3O2. The Balaban J connectivity index is 1.66. The van der Waals surface area contributed by atoms with Crippen molar-refractivity contribution in [2.75, 3.05) is 13.1 Å². The van der Waals surface area contributed by atoms with Crippen molar-refractivity contribution in [3.05, 3.63) is 62.8 Å². The number of hydrogen-bond acceptors (Lipinski definition) is 3. The molecule has 1 aliphatic heterocycles. The third-order valence-corrected chi connectivity index (χ3v) is 5.06. The molecule has 3 rings (SSSR count). The highest BCUT2D eigenvalue weighted by Gasteiger charge is 2.18. The number of pyridine rings is 1. The average Bonchev–Trinajstić information content (AvgIpc) is 2.68. The number of rotatable bonds is 4. The van der Waals surface area contributed by atoms with Crippen molar-refractivity contribution >= 4 is 39.3 Å². The first-order valence-corrected chi connectivity index (χ1v) is 9.69. The maximum atomic E-state index is 12.6. The van der Waals surface area contributed by atoms with Crippen molar-refractivity contribution in [2.45, 2.75) is 25.8 Å². The lowest BCUT2D eigenvalue weighted by molar-refractivity contribution is 0.0724. The zero-order chi connectivity index (χ0) is 18.5. The zero-order valence-electron chi connectivity index (χ0n) is 14.2. The van der Waals surface area contributed by atoms with Gasteiger partial charge < -0.3 is 10.2 Å². The number of carbonyl (C=O) groups excluding carboxylic acids is 2. The Kier molecular flexibility index (Phi) is 6.27. The molecule has 1 fully saturated rings. The van der Waals surface area contributed by atoms with E-state index >= 15 is 0 Å². The molecule has 136 valence electrons. The third-order valence-electron chi connectivity index (χ3n) is 4.32. The van der Waals surface area contributed by atoms with E-state index in [1.165, 1.54) is 12.6 Å². The van der Waals surface area contributed by atoms with Gasteiger partial charge in [0.15, 0.2) is 0 Å². The Morgan fingerprint density at radius 2 is 1.96 bits per heavy atom. The van der Waals surface area contributed by atoms with E-state index in [-0.39, 0.29) is 17.0 Å². The van der Waals surface area contributed by atoms with Crippen LogP contribution in [0.5, 0.6) is 0 Å². The Bertz CT molecular complexity index is 822. The van der Waals surface area contributed by atoms with E-state index in [9.17, 15) is 9.59 Å². The molecule has 26 heavy (non-hydrogen) atoms. The van der Waals surface area contributed by atoms with Crippen molar-refractivity contribution in [2.24, 2.45) is 0 Å². The van der Waals surface area contributed by atoms with Crippen LogP contribution in [0.4, 0.5) is 0 Å². The van der Waals surface area contributed by atoms with Crippen LogP contribution in [0.1, 0.15) is 45.5 Å². The van der Waals surface area contributed by atoms with E-state index in [0.717, 1.165) is 31.5 Å². The van der Waals surface area contributed by atoms with Crippen molar-refractivity contribution in [3.8, 4) is 0 Å². The molecule has 2 aromatic rings. The SMILES string of the molecule is O=C(NCc1cccc(C(=O)N2CCCCC2)c1)c1cc(Br)cnc1Cl. The minimum Gasteiger partial charge on any atom is -0.348 e. The fourth-order valence-electron chi connectivity index (χ4n) is 2.95. The largest absolute Gasteiger partial charge is 0.348 e. The average molecular weight is 437 g/mol. The quantitative estimate of drug-likeness (QED) is 0.735. The second-order valence-electron chi connectivity index (χ2n) is 6.23. The fraction of sp³-hybridized carbons (Fsp3) is 0.316. The normalized spacial score (nSPS) is 14.2. The molecule has 2 amide bonds. The highest BCUT2D eigenvalue weighted by atomic mass is 79.9. The lowest BCUT2D eigenvalue weighted by atomic mass is 10.1. The van der Waals surface area contributed by atoms with Gasteiger partial charge in [0.05, 0.1) is 5.56 Å². The van der Waals surface area contributed by atoms with Gasteiger partial charge in [-0.25, -0.2) is 4.98 Å². The van der Waals surface area contributed by atoms with Crippen LogP contribution in [0.25, 0.3) is 0 Å². The molecular weight excluding hydrogens is 418 g/mol. The summed E-state index contributed by atoms with van der Waals surface area (Å²) in [5, 5.41) is 2.97. The molecule has 0 aliphatic carbocycles. The number of nitrogens with zero attached hydrogens (tertiary/aromatic N) is 2. The standard InChI is InChI=1S/C19H19BrClN3O2/c20-15-10-16(17(21)22-12-15)18(25)23-11-13-5-4-6-14(9-13)19(26)24-7-2-1-3-8-24/h4-6,9-10,12H,1-3,7-8,11H2,(H,23,25). The molecule has 0 saturated carbocycles. The van der Waals surface area contributed by atoms with Crippen LogP contribution in [-0.4, -0.2) is 34.8 Å². The molecule has 0 bridgehead atoms. The van der Waals surface area contributed by atoms with Gasteiger partial charge in [0, 0.05) is 35.9 Å². The number of carbonyl (C=O) groups is 2. The van der Waals surface area contributed by atoms with Crippen LogP contribution in [0.15, 0.2) is 41.0 Å². The molecule has 0 atom stereocenters. The van der Waals surface area contributed by atoms with E-state index < -0.39 is 0 Å². The predicted octanol–water partition coefficient (Wildman–Crippen LogP) is 4.05. The minimum absolute atomic E-state index is 0.0529. The number of benzene rings is 1. The second kappa shape index (κ2) is 8.64. The van der Waals surface area contributed by atoms with Crippen LogP contribution in [-0.2, 0) is 6.54 Å². The van der Waals surface area contributed by atoms with Gasteiger partial charge in [-0.1, -0.05) is 23.7 Å². The second-order valence-corrected chi connectivity index (χ2v) is 7.50. The maximum Gasteiger partial charge on any atom is 0.254 e. The van der Waals surface area contributed by atoms with E-state index in [1.54, 1.807) is 6.07 Å². The summed E-state index contributed by atoms with van der Waals surface area (Å²) in [5.74, 6) is -0.256. The first-order chi connectivity index (χ1) is 12.5. The zero-order valence-corrected chi connectivity index (χ0v) is 16.5. The highest BCUT2D eigenvalue weighted by molar-refractivity contribution is 9.10. The summed E-state index contributed by atoms with van der Waals surface area (Å²) in [6.07, 6.45) is 4.84. The lowest BCUT2D eigenvalue weighted by Gasteiger charge is -2.26. The Labute approximate surface area is 165 Å². The first kappa shape index (κ1) is 18.9. The first-order valence-electron chi connectivity index (χ1n) is 8.52. The molecule has 1 aromatic carbocycles. The van der Waals surface area contributed by atoms with E-state index in [2.05, 4.69) is 26.2 Å². The van der Waals surface area contributed by atoms with Gasteiger partial charge in [-0.3, -0.25) is 9.59 Å². The number of amides is 2. The summed E-state index contributed by atoms with van der Waals surface area (Å²) in [5.41, 5.74) is 1.82. The highest BCUT2D eigenvalue weighted by Crippen LogP contribution is 2.18. The topological polar surface area (TPSA) is 62.3 Å². The summed E-state index contributed by atoms with van der Waals surface area (Å²) in [6, 6.07) is 9.00. The summed E-state index contributed by atoms with van der Waals surface area (Å²) in [6.45, 7) is 1.94. The van der Waals surface area contributed by atoms with Crippen molar-refractivity contribution in [1.82, 2.24) is 15.2 Å². The monoisotopic (exact) mass is 435 g/mol. The van der Waals surface area contributed by atoms with E-state index in [1.807, 2.05) is 29.2 Å². The minimum atomic E-state index is -0.309. The molecule has 5 nitrogen and oxygen atoms in total. The van der Waals surface area contributed by atoms with E-state index in [4.69, 9.17) is 11.6 Å². The molecule has 0 radical (unpaired) electrons. The summed E-state index contributed by atoms with van der Waals surface area (Å²) >= 11 is 9.26. The van der Waals surface area contributed by atoms with Gasteiger partial charge in [0.1, 0.15) is 5.15 Å². The number of piperidine rings is 1. The third kappa shape index (κ3) is 4.62. The number of halogens is 2. The lowest BCUT2D eigenvalue weighted by Crippen LogP contribution is -2.35. The maximum absolute atomic E-state index is 12.6. The molecule has 0 unspecified atom stereocenters. The molecule has 1 aliphatic rings. The summed E-state index contributed by atoms with van der Waals surface area (Å²) in [4.78, 5) is 30.8. The predicted molar refractivity (Wildman–Crippen MR) is 104 cm³/mol. The Morgan fingerprint density at radius 3 is 2.73 bits per heavy atom. The fourth-order valence-corrected chi connectivity index (χ4v) is 3.47. The van der Waals surface area contributed by atoms with Crippen LogP contribution in [0, 0.1) is 0 Å². The Hall–Kier alpha value is -1.92. The molecule has 1 saturated heterocycles. The molecule has 1 aromatic heterocycles. The van der Waals surface area contributed by atoms with Crippen LogP contribution in [0.2, 0.25) is 5.15 Å². The van der Waals surface area contributed by atoms with Gasteiger partial charge >= 0.3 is 0 Å². The van der Waals surface area contributed by atoms with Crippen molar-refractivity contribution in [1.29, 1.82) is 0 Å². The van der Waals surface area contributed by atoms with Gasteiger partial charge in [-0.05, 0) is 59.0 Å². The van der Waals surface area contributed by atoms with Crippen LogP contribution in [0.3, 0.4) is 0 Å². The molecule has 7 heteroatoms. The van der Waals surface area contributed by atoms with Crippen LogP contribution >= 0.6 is 27.5 Å². The van der Waals surface area contributed by atoms with Crippen molar-refractivity contribution in [3.63, 3.8) is 0 Å². The number of likely N-dealkylation sites (tertiary alicyclic amines) is 1. The number of hydrogen-bond donors (Lipinski definition) is 1.